The molecule has 0 aromatic carbocycles. The minimum Gasteiger partial charge on any atom is -0.387 e. The van der Waals surface area contributed by atoms with E-state index in [4.69, 9.17) is 31.2 Å². The van der Waals surface area contributed by atoms with E-state index in [1.165, 1.54) is 0 Å². The molecule has 1 aliphatic carbocycles. The standard InChI is InChI=1S/C6H10N2O4/c7-1-3(9)2(8)5(11)6(12)4(1)10/h3-12H. The summed E-state index contributed by atoms with van der Waals surface area (Å²) >= 11 is 0. The normalized spacial score (nSPS) is 43.3. The second-order valence-electron chi connectivity index (χ2n) is 2.69. The van der Waals surface area contributed by atoms with E-state index in [0.29, 0.717) is 0 Å². The van der Waals surface area contributed by atoms with Gasteiger partial charge in [0, 0.05) is 0 Å². The Balaban J connectivity index is 2.91. The van der Waals surface area contributed by atoms with Gasteiger partial charge in [0.25, 0.3) is 0 Å². The SMILES string of the molecule is N=C1C(O)C(=N)C(O)C(O)C1O. The highest BCUT2D eigenvalue weighted by atomic mass is 16.4. The summed E-state index contributed by atoms with van der Waals surface area (Å²) in [4.78, 5) is 0. The van der Waals surface area contributed by atoms with Gasteiger partial charge in [-0.25, -0.2) is 0 Å². The molecule has 0 aromatic rings. The number of hydrogen-bond donors (Lipinski definition) is 6. The van der Waals surface area contributed by atoms with Gasteiger partial charge in [0.15, 0.2) is 0 Å². The molecule has 6 nitrogen and oxygen atoms in total. The molecule has 1 saturated carbocycles. The lowest BCUT2D eigenvalue weighted by Gasteiger charge is -2.32. The zero-order valence-electron chi connectivity index (χ0n) is 6.10. The van der Waals surface area contributed by atoms with Gasteiger partial charge in [-0.1, -0.05) is 0 Å². The van der Waals surface area contributed by atoms with Crippen LogP contribution in [-0.4, -0.2) is 56.3 Å². The van der Waals surface area contributed by atoms with E-state index in [-0.39, 0.29) is 0 Å². The molecule has 12 heavy (non-hydrogen) atoms. The van der Waals surface area contributed by atoms with E-state index in [1.54, 1.807) is 0 Å². The highest BCUT2D eigenvalue weighted by Gasteiger charge is 2.42. The van der Waals surface area contributed by atoms with E-state index < -0.39 is 35.8 Å². The van der Waals surface area contributed by atoms with Gasteiger partial charge in [-0.05, 0) is 0 Å². The van der Waals surface area contributed by atoms with Crippen LogP contribution in [0.4, 0.5) is 0 Å². The number of rotatable bonds is 0. The Morgan fingerprint density at radius 2 is 1.17 bits per heavy atom. The molecule has 0 spiro atoms. The van der Waals surface area contributed by atoms with Gasteiger partial charge in [0.05, 0.1) is 11.4 Å². The highest BCUT2D eigenvalue weighted by molar-refractivity contribution is 6.13. The first-order chi connectivity index (χ1) is 5.46. The van der Waals surface area contributed by atoms with E-state index >= 15 is 0 Å². The maximum Gasteiger partial charge on any atom is 0.134 e. The van der Waals surface area contributed by atoms with Crippen molar-refractivity contribution in [2.45, 2.75) is 24.4 Å². The molecule has 6 N–H and O–H groups in total. The first-order valence-electron chi connectivity index (χ1n) is 3.35. The van der Waals surface area contributed by atoms with Crippen LogP contribution in [0.25, 0.3) is 0 Å². The fraction of sp³-hybridized carbons (Fsp3) is 0.667. The van der Waals surface area contributed by atoms with Crippen LogP contribution >= 0.6 is 0 Å². The molecular formula is C6H10N2O4. The summed E-state index contributed by atoms with van der Waals surface area (Å²) in [6.07, 6.45) is -6.36. The third kappa shape index (κ3) is 1.14. The lowest BCUT2D eigenvalue weighted by Crippen LogP contribution is -2.58. The molecule has 0 aliphatic heterocycles. The van der Waals surface area contributed by atoms with Crippen LogP contribution in [0.1, 0.15) is 0 Å². The summed E-state index contributed by atoms with van der Waals surface area (Å²) in [6, 6.07) is 0. The van der Waals surface area contributed by atoms with Crippen LogP contribution in [0.2, 0.25) is 0 Å². The summed E-state index contributed by atoms with van der Waals surface area (Å²) in [5, 5.41) is 50.1. The molecule has 1 aliphatic rings. The van der Waals surface area contributed by atoms with Crippen LogP contribution < -0.4 is 0 Å². The minimum atomic E-state index is -1.59. The largest absolute Gasteiger partial charge is 0.387 e. The zero-order chi connectivity index (χ0) is 9.46. The lowest BCUT2D eigenvalue weighted by atomic mass is 9.86. The highest BCUT2D eigenvalue weighted by Crippen LogP contribution is 2.14. The molecule has 6 heteroatoms. The summed E-state index contributed by atoms with van der Waals surface area (Å²) in [5.41, 5.74) is -1.12. The first-order valence-corrected chi connectivity index (χ1v) is 3.35. The maximum atomic E-state index is 9.02. The van der Waals surface area contributed by atoms with Gasteiger partial charge in [-0.3, -0.25) is 0 Å². The molecule has 68 valence electrons. The Morgan fingerprint density at radius 3 is 1.50 bits per heavy atom. The third-order valence-corrected chi connectivity index (χ3v) is 1.87. The van der Waals surface area contributed by atoms with Gasteiger partial charge in [-0.15, -0.1) is 0 Å². The molecule has 0 heterocycles. The Labute approximate surface area is 68.1 Å². The van der Waals surface area contributed by atoms with Crippen molar-refractivity contribution in [3.05, 3.63) is 0 Å². The van der Waals surface area contributed by atoms with Crippen LogP contribution in [0.15, 0.2) is 0 Å². The van der Waals surface area contributed by atoms with Crippen molar-refractivity contribution >= 4 is 11.4 Å². The predicted octanol–water partition coefficient (Wildman–Crippen LogP) is -2.52. The molecule has 2 atom stereocenters. The van der Waals surface area contributed by atoms with Gasteiger partial charge in [-0.2, -0.15) is 0 Å². The summed E-state index contributed by atoms with van der Waals surface area (Å²) in [7, 11) is 0. The summed E-state index contributed by atoms with van der Waals surface area (Å²) in [6.45, 7) is 0. The molecule has 2 unspecified atom stereocenters. The number of hydrogen-bond acceptors (Lipinski definition) is 6. The molecule has 0 aromatic heterocycles. The Hall–Kier alpha value is -0.820. The van der Waals surface area contributed by atoms with Crippen molar-refractivity contribution in [1.82, 2.24) is 0 Å². The van der Waals surface area contributed by atoms with E-state index in [1.807, 2.05) is 0 Å². The molecule has 1 fully saturated rings. The summed E-state index contributed by atoms with van der Waals surface area (Å²) in [5.74, 6) is 0. The number of aliphatic hydroxyl groups is 4. The fourth-order valence-electron chi connectivity index (χ4n) is 1.03. The fourth-order valence-corrected chi connectivity index (χ4v) is 1.03. The Morgan fingerprint density at radius 1 is 0.833 bits per heavy atom. The van der Waals surface area contributed by atoms with Gasteiger partial charge in [0.1, 0.15) is 24.4 Å². The summed E-state index contributed by atoms with van der Waals surface area (Å²) < 4.78 is 0. The van der Waals surface area contributed by atoms with Crippen molar-refractivity contribution < 1.29 is 20.4 Å². The van der Waals surface area contributed by atoms with Crippen LogP contribution in [0, 0.1) is 10.8 Å². The average molecular weight is 174 g/mol. The van der Waals surface area contributed by atoms with Gasteiger partial charge < -0.3 is 31.2 Å². The second kappa shape index (κ2) is 2.91. The zero-order valence-corrected chi connectivity index (χ0v) is 6.10. The smallest absolute Gasteiger partial charge is 0.134 e. The Kier molecular flexibility index (Phi) is 2.25. The Bertz CT molecular complexity index is 208. The van der Waals surface area contributed by atoms with Gasteiger partial charge >= 0.3 is 0 Å². The minimum absolute atomic E-state index is 0.558. The molecule has 0 radical (unpaired) electrons. The van der Waals surface area contributed by atoms with Crippen molar-refractivity contribution in [2.24, 2.45) is 0 Å². The maximum absolute atomic E-state index is 9.02. The predicted molar refractivity (Wildman–Crippen MR) is 39.5 cm³/mol. The second-order valence-corrected chi connectivity index (χ2v) is 2.69. The van der Waals surface area contributed by atoms with Gasteiger partial charge in [0.2, 0.25) is 0 Å². The van der Waals surface area contributed by atoms with Crippen molar-refractivity contribution in [1.29, 1.82) is 10.8 Å². The van der Waals surface area contributed by atoms with E-state index in [2.05, 4.69) is 0 Å². The topological polar surface area (TPSA) is 129 Å². The van der Waals surface area contributed by atoms with Crippen LogP contribution in [-0.2, 0) is 0 Å². The van der Waals surface area contributed by atoms with E-state index in [0.717, 1.165) is 0 Å². The van der Waals surface area contributed by atoms with Crippen LogP contribution in [0.5, 0.6) is 0 Å². The molecular weight excluding hydrogens is 164 g/mol. The first kappa shape index (κ1) is 9.27. The van der Waals surface area contributed by atoms with Crippen molar-refractivity contribution in [2.75, 3.05) is 0 Å². The number of nitrogens with one attached hydrogen (secondary N) is 2. The molecule has 0 saturated heterocycles. The molecule has 0 amide bonds. The number of aliphatic hydroxyl groups excluding tert-OH is 4. The lowest BCUT2D eigenvalue weighted by molar-refractivity contribution is -0.0192. The quantitative estimate of drug-likeness (QED) is 0.242. The monoisotopic (exact) mass is 174 g/mol. The molecule has 1 rings (SSSR count). The van der Waals surface area contributed by atoms with E-state index in [9.17, 15) is 0 Å². The van der Waals surface area contributed by atoms with Crippen molar-refractivity contribution in [3.63, 3.8) is 0 Å². The van der Waals surface area contributed by atoms with Crippen LogP contribution in [0.3, 0.4) is 0 Å². The average Bonchev–Trinajstić information content (AvgIpc) is 2.08. The molecule has 0 bridgehead atoms. The third-order valence-electron chi connectivity index (χ3n) is 1.87. The van der Waals surface area contributed by atoms with Crippen molar-refractivity contribution in [3.8, 4) is 0 Å².